The van der Waals surface area contributed by atoms with Crippen molar-refractivity contribution in [3.63, 3.8) is 0 Å². The summed E-state index contributed by atoms with van der Waals surface area (Å²) in [7, 11) is -3.53. The summed E-state index contributed by atoms with van der Waals surface area (Å²) in [6, 6.07) is 4.44. The van der Waals surface area contributed by atoms with Gasteiger partial charge in [0.2, 0.25) is 10.0 Å². The number of halogens is 3. The first-order valence-corrected chi connectivity index (χ1v) is 8.22. The van der Waals surface area contributed by atoms with Crippen molar-refractivity contribution in [1.29, 1.82) is 0 Å². The van der Waals surface area contributed by atoms with Crippen LogP contribution in [0.3, 0.4) is 0 Å². The molecule has 1 aliphatic heterocycles. The highest BCUT2D eigenvalue weighted by Gasteiger charge is 2.33. The number of benzene rings is 1. The third-order valence-electron chi connectivity index (χ3n) is 3.20. The van der Waals surface area contributed by atoms with Gasteiger partial charge in [-0.05, 0) is 32.0 Å². The summed E-state index contributed by atoms with van der Waals surface area (Å²) in [5, 5.41) is 3.85. The minimum atomic E-state index is -3.53. The van der Waals surface area contributed by atoms with E-state index in [1.807, 2.05) is 13.8 Å². The topological polar surface area (TPSA) is 49.4 Å². The van der Waals surface area contributed by atoms with Gasteiger partial charge in [0.15, 0.2) is 0 Å². The normalized spacial score (nSPS) is 24.2. The highest BCUT2D eigenvalue weighted by molar-refractivity contribution is 7.89. The van der Waals surface area contributed by atoms with Gasteiger partial charge in [0.05, 0.1) is 14.9 Å². The van der Waals surface area contributed by atoms with Crippen LogP contribution in [0, 0.1) is 0 Å². The smallest absolute Gasteiger partial charge is 0.243 e. The van der Waals surface area contributed by atoms with Gasteiger partial charge in [0, 0.05) is 25.2 Å². The van der Waals surface area contributed by atoms with Gasteiger partial charge in [0.25, 0.3) is 0 Å². The molecule has 0 saturated carbocycles. The number of nitrogens with one attached hydrogen (secondary N) is 1. The van der Waals surface area contributed by atoms with E-state index in [1.54, 1.807) is 0 Å². The Hall–Kier alpha value is -0.0400. The average molecular weight is 360 g/mol. The summed E-state index contributed by atoms with van der Waals surface area (Å²) in [6.45, 7) is 4.93. The summed E-state index contributed by atoms with van der Waals surface area (Å²) in [5.41, 5.74) is 0. The molecular weight excluding hydrogens is 343 g/mol. The lowest BCUT2D eigenvalue weighted by atomic mass is 10.2. The molecule has 0 aliphatic carbocycles. The van der Waals surface area contributed by atoms with Crippen molar-refractivity contribution in [2.24, 2.45) is 0 Å². The molecule has 1 fully saturated rings. The second-order valence-electron chi connectivity index (χ2n) is 4.81. The first kappa shape index (κ1) is 18.0. The Morgan fingerprint density at radius 2 is 1.90 bits per heavy atom. The van der Waals surface area contributed by atoms with Crippen LogP contribution in [0.4, 0.5) is 0 Å². The molecule has 8 heteroatoms. The molecule has 1 heterocycles. The maximum Gasteiger partial charge on any atom is 0.243 e. The van der Waals surface area contributed by atoms with E-state index in [2.05, 4.69) is 5.32 Å². The monoisotopic (exact) mass is 358 g/mol. The summed E-state index contributed by atoms with van der Waals surface area (Å²) < 4.78 is 26.7. The molecule has 0 spiro atoms. The van der Waals surface area contributed by atoms with Crippen molar-refractivity contribution in [1.82, 2.24) is 9.62 Å². The molecule has 0 aromatic heterocycles. The lowest BCUT2D eigenvalue weighted by Crippen LogP contribution is -2.56. The van der Waals surface area contributed by atoms with Crippen LogP contribution in [-0.4, -0.2) is 37.9 Å². The van der Waals surface area contributed by atoms with Crippen LogP contribution in [0.1, 0.15) is 13.8 Å². The van der Waals surface area contributed by atoms with Gasteiger partial charge < -0.3 is 5.32 Å². The molecule has 1 saturated heterocycles. The van der Waals surface area contributed by atoms with Crippen LogP contribution in [0.25, 0.3) is 0 Å². The second-order valence-corrected chi connectivity index (χ2v) is 7.51. The molecule has 0 bridgehead atoms. The lowest BCUT2D eigenvalue weighted by Gasteiger charge is -2.36. The molecule has 4 nitrogen and oxygen atoms in total. The SMILES string of the molecule is CC1CN(S(=O)(=O)c2ccc(Cl)c(Cl)c2)C(C)CN1.Cl. The largest absolute Gasteiger partial charge is 0.311 e. The Labute approximate surface area is 135 Å². The maximum absolute atomic E-state index is 12.6. The number of rotatable bonds is 2. The van der Waals surface area contributed by atoms with Crippen LogP contribution in [0.15, 0.2) is 23.1 Å². The predicted molar refractivity (Wildman–Crippen MR) is 84.5 cm³/mol. The summed E-state index contributed by atoms with van der Waals surface area (Å²) in [6.07, 6.45) is 0. The third kappa shape index (κ3) is 3.59. The van der Waals surface area contributed by atoms with Crippen LogP contribution in [0.5, 0.6) is 0 Å². The van der Waals surface area contributed by atoms with Gasteiger partial charge in [-0.1, -0.05) is 23.2 Å². The van der Waals surface area contributed by atoms with Crippen molar-refractivity contribution in [3.05, 3.63) is 28.2 Å². The minimum absolute atomic E-state index is 0. The number of sulfonamides is 1. The summed E-state index contributed by atoms with van der Waals surface area (Å²) in [4.78, 5) is 0.183. The van der Waals surface area contributed by atoms with E-state index in [0.29, 0.717) is 18.1 Å². The fourth-order valence-corrected chi connectivity index (χ4v) is 4.20. The minimum Gasteiger partial charge on any atom is -0.311 e. The van der Waals surface area contributed by atoms with Crippen molar-refractivity contribution in [2.75, 3.05) is 13.1 Å². The van der Waals surface area contributed by atoms with E-state index < -0.39 is 10.0 Å². The molecule has 2 rings (SSSR count). The molecule has 2 unspecified atom stereocenters. The molecule has 1 aromatic rings. The number of piperazine rings is 1. The van der Waals surface area contributed by atoms with Gasteiger partial charge >= 0.3 is 0 Å². The molecule has 114 valence electrons. The molecule has 2 atom stereocenters. The fourth-order valence-electron chi connectivity index (χ4n) is 2.10. The first-order chi connectivity index (χ1) is 8.82. The van der Waals surface area contributed by atoms with Crippen LogP contribution >= 0.6 is 35.6 Å². The fraction of sp³-hybridized carbons (Fsp3) is 0.500. The van der Waals surface area contributed by atoms with E-state index in [4.69, 9.17) is 23.2 Å². The van der Waals surface area contributed by atoms with Gasteiger partial charge in [-0.3, -0.25) is 0 Å². The second kappa shape index (κ2) is 6.81. The number of nitrogens with zero attached hydrogens (tertiary/aromatic N) is 1. The zero-order chi connectivity index (χ0) is 14.2. The Morgan fingerprint density at radius 1 is 1.25 bits per heavy atom. The molecule has 1 aliphatic rings. The molecular formula is C12H17Cl3N2O2S. The quantitative estimate of drug-likeness (QED) is 0.883. The number of hydrogen-bond acceptors (Lipinski definition) is 3. The van der Waals surface area contributed by atoms with E-state index in [0.717, 1.165) is 0 Å². The van der Waals surface area contributed by atoms with Crippen molar-refractivity contribution in [2.45, 2.75) is 30.8 Å². The van der Waals surface area contributed by atoms with Crippen LogP contribution in [0.2, 0.25) is 10.0 Å². The average Bonchev–Trinajstić information content (AvgIpc) is 2.35. The van der Waals surface area contributed by atoms with Gasteiger partial charge in [0.1, 0.15) is 0 Å². The zero-order valence-electron chi connectivity index (χ0n) is 11.1. The number of hydrogen-bond donors (Lipinski definition) is 1. The van der Waals surface area contributed by atoms with E-state index >= 15 is 0 Å². The molecule has 0 amide bonds. The van der Waals surface area contributed by atoms with Crippen molar-refractivity contribution < 1.29 is 8.42 Å². The predicted octanol–water partition coefficient (Wildman–Crippen LogP) is 2.79. The van der Waals surface area contributed by atoms with E-state index in [1.165, 1.54) is 22.5 Å². The van der Waals surface area contributed by atoms with Crippen molar-refractivity contribution >= 4 is 45.6 Å². The molecule has 20 heavy (non-hydrogen) atoms. The van der Waals surface area contributed by atoms with E-state index in [-0.39, 0.29) is 34.4 Å². The van der Waals surface area contributed by atoms with Crippen molar-refractivity contribution in [3.8, 4) is 0 Å². The maximum atomic E-state index is 12.6. The first-order valence-electron chi connectivity index (χ1n) is 6.02. The Balaban J connectivity index is 0.00000200. The highest BCUT2D eigenvalue weighted by Crippen LogP contribution is 2.27. The van der Waals surface area contributed by atoms with Gasteiger partial charge in [-0.15, -0.1) is 12.4 Å². The Morgan fingerprint density at radius 3 is 2.50 bits per heavy atom. The lowest BCUT2D eigenvalue weighted by molar-refractivity contribution is 0.244. The summed E-state index contributed by atoms with van der Waals surface area (Å²) in [5.74, 6) is 0. The van der Waals surface area contributed by atoms with Gasteiger partial charge in [-0.25, -0.2) is 8.42 Å². The summed E-state index contributed by atoms with van der Waals surface area (Å²) >= 11 is 11.7. The standard InChI is InChI=1S/C12H16Cl2N2O2S.ClH/c1-8-7-16(9(2)6-15-8)19(17,18)10-3-4-11(13)12(14)5-10;/h3-5,8-9,15H,6-7H2,1-2H3;1H. The highest BCUT2D eigenvalue weighted by atomic mass is 35.5. The van der Waals surface area contributed by atoms with Crippen LogP contribution < -0.4 is 5.32 Å². The molecule has 1 N–H and O–H groups in total. The zero-order valence-corrected chi connectivity index (χ0v) is 14.3. The molecule has 0 radical (unpaired) electrons. The van der Waals surface area contributed by atoms with Crippen LogP contribution in [-0.2, 0) is 10.0 Å². The Kier molecular flexibility index (Phi) is 6.14. The third-order valence-corrected chi connectivity index (χ3v) is 5.92. The Bertz CT molecular complexity index is 580. The van der Waals surface area contributed by atoms with E-state index in [9.17, 15) is 8.42 Å². The molecule has 1 aromatic carbocycles. The van der Waals surface area contributed by atoms with Gasteiger partial charge in [-0.2, -0.15) is 4.31 Å².